The summed E-state index contributed by atoms with van der Waals surface area (Å²) in [6.45, 7) is 1.50. The molecule has 0 amide bonds. The quantitative estimate of drug-likeness (QED) is 0.844. The van der Waals surface area contributed by atoms with Crippen molar-refractivity contribution in [3.05, 3.63) is 35.1 Å². The Hall–Kier alpha value is -1.04. The topological polar surface area (TPSA) is 44.5 Å². The first-order valence-corrected chi connectivity index (χ1v) is 6.86. The molecular weight excluding hydrogens is 265 g/mol. The van der Waals surface area contributed by atoms with Crippen LogP contribution in [0.15, 0.2) is 18.2 Å². The number of thiocarbonyl (C=S) groups is 1. The van der Waals surface area contributed by atoms with Gasteiger partial charge in [0, 0.05) is 17.7 Å². The third kappa shape index (κ3) is 3.96. The van der Waals surface area contributed by atoms with Crippen LogP contribution in [0.4, 0.5) is 4.39 Å². The molecule has 0 bridgehead atoms. The summed E-state index contributed by atoms with van der Waals surface area (Å²) in [6, 6.07) is 4.98. The molecule has 1 heterocycles. The van der Waals surface area contributed by atoms with Crippen LogP contribution in [0.25, 0.3) is 0 Å². The molecule has 1 aromatic rings. The van der Waals surface area contributed by atoms with Gasteiger partial charge in [0.05, 0.1) is 19.3 Å². The predicted octanol–water partition coefficient (Wildman–Crippen LogP) is 2.55. The molecule has 2 rings (SSSR count). The molecule has 3 nitrogen and oxygen atoms in total. The summed E-state index contributed by atoms with van der Waals surface area (Å²) < 4.78 is 25.1. The van der Waals surface area contributed by atoms with Gasteiger partial charge < -0.3 is 15.2 Å². The zero-order chi connectivity index (χ0) is 13.7. The molecule has 0 spiro atoms. The fourth-order valence-corrected chi connectivity index (χ4v) is 2.28. The minimum atomic E-state index is -0.389. The second-order valence-electron chi connectivity index (χ2n) is 4.65. The number of benzene rings is 1. The molecule has 0 saturated carbocycles. The van der Waals surface area contributed by atoms with Crippen molar-refractivity contribution < 1.29 is 13.9 Å². The first-order chi connectivity index (χ1) is 9.18. The summed E-state index contributed by atoms with van der Waals surface area (Å²) in [5.41, 5.74) is 6.20. The number of hydrogen-bond acceptors (Lipinski definition) is 3. The maximum absolute atomic E-state index is 14.0. The van der Waals surface area contributed by atoms with E-state index in [1.807, 2.05) is 0 Å². The first-order valence-electron chi connectivity index (χ1n) is 6.45. The van der Waals surface area contributed by atoms with E-state index in [1.165, 1.54) is 6.42 Å². The molecule has 5 heteroatoms. The van der Waals surface area contributed by atoms with Gasteiger partial charge in [-0.1, -0.05) is 24.4 Å². The molecule has 1 fully saturated rings. The molecule has 0 aromatic heterocycles. The van der Waals surface area contributed by atoms with Crippen LogP contribution < -0.4 is 5.73 Å². The van der Waals surface area contributed by atoms with Crippen molar-refractivity contribution in [1.82, 2.24) is 0 Å². The smallest absolute Gasteiger partial charge is 0.138 e. The molecule has 0 radical (unpaired) electrons. The van der Waals surface area contributed by atoms with Gasteiger partial charge in [0.1, 0.15) is 10.8 Å². The lowest BCUT2D eigenvalue weighted by atomic mass is 10.1. The van der Waals surface area contributed by atoms with Crippen LogP contribution in [0, 0.1) is 5.82 Å². The van der Waals surface area contributed by atoms with Crippen LogP contribution in [0.3, 0.4) is 0 Å². The molecule has 1 atom stereocenters. The highest BCUT2D eigenvalue weighted by molar-refractivity contribution is 7.80. The van der Waals surface area contributed by atoms with Crippen molar-refractivity contribution >= 4 is 17.2 Å². The Kier molecular flexibility index (Phi) is 5.24. The van der Waals surface area contributed by atoms with E-state index in [1.54, 1.807) is 18.2 Å². The first kappa shape index (κ1) is 14.4. The normalized spacial score (nSPS) is 19.3. The standard InChI is InChI=1S/C14H18FNO2S/c15-13-10(4-3-6-12(13)14(16)19)8-17-9-11-5-1-2-7-18-11/h3-4,6,11H,1-2,5,7-9H2,(H2,16,19). The van der Waals surface area contributed by atoms with Crippen LogP contribution in [-0.2, 0) is 16.1 Å². The van der Waals surface area contributed by atoms with E-state index in [9.17, 15) is 4.39 Å². The largest absolute Gasteiger partial charge is 0.389 e. The van der Waals surface area contributed by atoms with E-state index in [4.69, 9.17) is 27.4 Å². The van der Waals surface area contributed by atoms with Crippen molar-refractivity contribution in [2.45, 2.75) is 32.0 Å². The molecule has 2 N–H and O–H groups in total. The second-order valence-corrected chi connectivity index (χ2v) is 5.09. The van der Waals surface area contributed by atoms with Gasteiger partial charge in [-0.15, -0.1) is 0 Å². The summed E-state index contributed by atoms with van der Waals surface area (Å²) in [6.07, 6.45) is 3.42. The summed E-state index contributed by atoms with van der Waals surface area (Å²) in [5.74, 6) is -0.389. The lowest BCUT2D eigenvalue weighted by Crippen LogP contribution is -2.24. The van der Waals surface area contributed by atoms with Gasteiger partial charge in [-0.3, -0.25) is 0 Å². The van der Waals surface area contributed by atoms with Gasteiger partial charge in [0.25, 0.3) is 0 Å². The highest BCUT2D eigenvalue weighted by Crippen LogP contribution is 2.16. The van der Waals surface area contributed by atoms with Gasteiger partial charge in [-0.05, 0) is 25.3 Å². The van der Waals surface area contributed by atoms with E-state index in [0.29, 0.717) is 12.2 Å². The van der Waals surface area contributed by atoms with Gasteiger partial charge >= 0.3 is 0 Å². The van der Waals surface area contributed by atoms with Crippen molar-refractivity contribution in [2.75, 3.05) is 13.2 Å². The highest BCUT2D eigenvalue weighted by Gasteiger charge is 2.15. The van der Waals surface area contributed by atoms with Crippen molar-refractivity contribution in [1.29, 1.82) is 0 Å². The lowest BCUT2D eigenvalue weighted by Gasteiger charge is -2.22. The Labute approximate surface area is 117 Å². The van der Waals surface area contributed by atoms with Gasteiger partial charge in [-0.2, -0.15) is 0 Å². The maximum Gasteiger partial charge on any atom is 0.138 e. The summed E-state index contributed by atoms with van der Waals surface area (Å²) in [5, 5.41) is 0. The number of ether oxygens (including phenoxy) is 2. The fourth-order valence-electron chi connectivity index (χ4n) is 2.12. The molecule has 1 aliphatic heterocycles. The Balaban J connectivity index is 1.88. The number of halogens is 1. The average Bonchev–Trinajstić information content (AvgIpc) is 2.41. The fraction of sp³-hybridized carbons (Fsp3) is 0.500. The third-order valence-electron chi connectivity index (χ3n) is 3.18. The van der Waals surface area contributed by atoms with Crippen LogP contribution in [-0.4, -0.2) is 24.3 Å². The molecular formula is C14H18FNO2S. The van der Waals surface area contributed by atoms with Crippen LogP contribution >= 0.6 is 12.2 Å². The minimum absolute atomic E-state index is 0.0648. The van der Waals surface area contributed by atoms with E-state index in [2.05, 4.69) is 0 Å². The van der Waals surface area contributed by atoms with E-state index < -0.39 is 0 Å². The van der Waals surface area contributed by atoms with Crippen molar-refractivity contribution in [3.8, 4) is 0 Å². The third-order valence-corrected chi connectivity index (χ3v) is 3.40. The second kappa shape index (κ2) is 6.93. The van der Waals surface area contributed by atoms with Crippen molar-refractivity contribution in [2.24, 2.45) is 5.73 Å². The number of rotatable bonds is 5. The number of hydrogen-bond donors (Lipinski definition) is 1. The summed E-state index contributed by atoms with van der Waals surface area (Å²) in [4.78, 5) is 0.0648. The predicted molar refractivity (Wildman–Crippen MR) is 75.5 cm³/mol. The zero-order valence-corrected chi connectivity index (χ0v) is 11.5. The van der Waals surface area contributed by atoms with Gasteiger partial charge in [0.2, 0.25) is 0 Å². The summed E-state index contributed by atoms with van der Waals surface area (Å²) in [7, 11) is 0. The van der Waals surface area contributed by atoms with E-state index >= 15 is 0 Å². The maximum atomic E-state index is 14.0. The highest BCUT2D eigenvalue weighted by atomic mass is 32.1. The molecule has 1 unspecified atom stereocenters. The van der Waals surface area contributed by atoms with E-state index in [0.717, 1.165) is 19.4 Å². The van der Waals surface area contributed by atoms with Crippen LogP contribution in [0.1, 0.15) is 30.4 Å². The lowest BCUT2D eigenvalue weighted by molar-refractivity contribution is -0.0451. The van der Waals surface area contributed by atoms with Crippen LogP contribution in [0.2, 0.25) is 0 Å². The molecule has 1 saturated heterocycles. The summed E-state index contributed by atoms with van der Waals surface area (Å²) >= 11 is 4.80. The molecule has 1 aliphatic rings. The SMILES string of the molecule is NC(=S)c1cccc(COCC2CCCCO2)c1F. The van der Waals surface area contributed by atoms with Crippen LogP contribution in [0.5, 0.6) is 0 Å². The molecule has 0 aliphatic carbocycles. The Morgan fingerprint density at radius 3 is 3.00 bits per heavy atom. The number of nitrogens with two attached hydrogens (primary N) is 1. The molecule has 104 valence electrons. The van der Waals surface area contributed by atoms with Gasteiger partial charge in [-0.25, -0.2) is 4.39 Å². The molecule has 1 aromatic carbocycles. The van der Waals surface area contributed by atoms with Crippen molar-refractivity contribution in [3.63, 3.8) is 0 Å². The Morgan fingerprint density at radius 1 is 1.47 bits per heavy atom. The molecule has 19 heavy (non-hydrogen) atoms. The average molecular weight is 283 g/mol. The Bertz CT molecular complexity index is 447. The monoisotopic (exact) mass is 283 g/mol. The van der Waals surface area contributed by atoms with E-state index in [-0.39, 0.29) is 29.1 Å². The Morgan fingerprint density at radius 2 is 2.32 bits per heavy atom. The van der Waals surface area contributed by atoms with Gasteiger partial charge in [0.15, 0.2) is 0 Å². The minimum Gasteiger partial charge on any atom is -0.389 e. The zero-order valence-electron chi connectivity index (χ0n) is 10.7.